The van der Waals surface area contributed by atoms with Crippen LogP contribution in [0.4, 0.5) is 0 Å². The van der Waals surface area contributed by atoms with Crippen LogP contribution in [0.2, 0.25) is 0 Å². The highest BCUT2D eigenvalue weighted by Crippen LogP contribution is 2.21. The number of nitrogens with zero attached hydrogens (tertiary/aromatic N) is 4. The van der Waals surface area contributed by atoms with Gasteiger partial charge in [0.15, 0.2) is 0 Å². The molecule has 1 saturated heterocycles. The number of likely N-dealkylation sites (tertiary alicyclic amines) is 1. The minimum absolute atomic E-state index is 0.591. The van der Waals surface area contributed by atoms with Crippen molar-refractivity contribution in [2.24, 2.45) is 5.92 Å². The molecule has 0 bridgehead atoms. The predicted octanol–water partition coefficient (Wildman–Crippen LogP) is 2.32. The predicted molar refractivity (Wildman–Crippen MR) is 80.2 cm³/mol. The minimum atomic E-state index is 0.591. The standard InChI is InChI=1S/C16H20N4O/c1-19-7-4-13(5-8-19)6-9-21-15-2-3-16-14(10-17)11-18-20(16)12-15/h2-3,11-13H,4-9H2,1H3. The Hall–Kier alpha value is -2.06. The van der Waals surface area contributed by atoms with E-state index in [0.29, 0.717) is 5.56 Å². The molecule has 3 heterocycles. The monoisotopic (exact) mass is 284 g/mol. The van der Waals surface area contributed by atoms with Crippen molar-refractivity contribution in [3.8, 4) is 11.8 Å². The third kappa shape index (κ3) is 3.17. The lowest BCUT2D eigenvalue weighted by atomic mass is 9.94. The molecule has 1 aliphatic rings. The molecule has 0 amide bonds. The van der Waals surface area contributed by atoms with E-state index < -0.39 is 0 Å². The molecule has 0 unspecified atom stereocenters. The third-order valence-electron chi connectivity index (χ3n) is 4.24. The lowest BCUT2D eigenvalue weighted by Crippen LogP contribution is -2.30. The average molecular weight is 284 g/mol. The van der Waals surface area contributed by atoms with Crippen LogP contribution in [0.1, 0.15) is 24.8 Å². The van der Waals surface area contributed by atoms with Gasteiger partial charge in [-0.05, 0) is 57.5 Å². The molecule has 0 saturated carbocycles. The van der Waals surface area contributed by atoms with Gasteiger partial charge in [0, 0.05) is 0 Å². The fourth-order valence-corrected chi connectivity index (χ4v) is 2.83. The highest BCUT2D eigenvalue weighted by atomic mass is 16.5. The van der Waals surface area contributed by atoms with Gasteiger partial charge >= 0.3 is 0 Å². The molecule has 3 rings (SSSR count). The summed E-state index contributed by atoms with van der Waals surface area (Å²) in [6, 6.07) is 5.93. The Morgan fingerprint density at radius 3 is 2.95 bits per heavy atom. The summed E-state index contributed by atoms with van der Waals surface area (Å²) in [5.74, 6) is 1.59. The molecule has 1 fully saturated rings. The van der Waals surface area contributed by atoms with Crippen LogP contribution in [0.15, 0.2) is 24.5 Å². The molecule has 0 radical (unpaired) electrons. The van der Waals surface area contributed by atoms with Gasteiger partial charge in [0.2, 0.25) is 0 Å². The second-order valence-electron chi connectivity index (χ2n) is 5.75. The summed E-state index contributed by atoms with van der Waals surface area (Å²) < 4.78 is 7.53. The number of fused-ring (bicyclic) bond motifs is 1. The Bertz CT molecular complexity index is 650. The second kappa shape index (κ2) is 6.15. The summed E-state index contributed by atoms with van der Waals surface area (Å²) in [4.78, 5) is 2.38. The largest absolute Gasteiger partial charge is 0.492 e. The van der Waals surface area contributed by atoms with Gasteiger partial charge in [0.1, 0.15) is 11.8 Å². The fourth-order valence-electron chi connectivity index (χ4n) is 2.83. The Balaban J connectivity index is 1.55. The van der Waals surface area contributed by atoms with Crippen molar-refractivity contribution in [1.82, 2.24) is 14.5 Å². The summed E-state index contributed by atoms with van der Waals surface area (Å²) in [5, 5.41) is 13.1. The molecular weight excluding hydrogens is 264 g/mol. The van der Waals surface area contributed by atoms with Gasteiger partial charge in [-0.25, -0.2) is 4.52 Å². The van der Waals surface area contributed by atoms with E-state index in [0.717, 1.165) is 30.2 Å². The Morgan fingerprint density at radius 1 is 1.38 bits per heavy atom. The highest BCUT2D eigenvalue weighted by molar-refractivity contribution is 5.60. The fraction of sp³-hybridized carbons (Fsp3) is 0.500. The lowest BCUT2D eigenvalue weighted by Gasteiger charge is -2.28. The molecule has 0 atom stereocenters. The first-order valence-electron chi connectivity index (χ1n) is 7.45. The zero-order valence-corrected chi connectivity index (χ0v) is 12.3. The molecule has 1 aliphatic heterocycles. The van der Waals surface area contributed by atoms with E-state index in [-0.39, 0.29) is 0 Å². The molecule has 0 N–H and O–H groups in total. The molecule has 0 spiro atoms. The number of hydrogen-bond donors (Lipinski definition) is 0. The quantitative estimate of drug-likeness (QED) is 0.864. The first-order chi connectivity index (χ1) is 10.3. The van der Waals surface area contributed by atoms with Crippen LogP contribution >= 0.6 is 0 Å². The third-order valence-corrected chi connectivity index (χ3v) is 4.24. The van der Waals surface area contributed by atoms with Gasteiger partial charge in [-0.2, -0.15) is 10.4 Å². The molecule has 5 heteroatoms. The molecule has 2 aromatic rings. The van der Waals surface area contributed by atoms with E-state index in [1.54, 1.807) is 10.7 Å². The van der Waals surface area contributed by atoms with Crippen LogP contribution in [0.25, 0.3) is 5.52 Å². The molecule has 2 aromatic heterocycles. The maximum atomic E-state index is 8.96. The average Bonchev–Trinajstić information content (AvgIpc) is 2.91. The van der Waals surface area contributed by atoms with E-state index >= 15 is 0 Å². The maximum absolute atomic E-state index is 8.96. The topological polar surface area (TPSA) is 53.6 Å². The van der Waals surface area contributed by atoms with E-state index in [1.165, 1.54) is 25.9 Å². The van der Waals surface area contributed by atoms with Gasteiger partial charge in [0.05, 0.1) is 30.1 Å². The number of aromatic nitrogens is 2. The SMILES string of the molecule is CN1CCC(CCOc2ccc3c(C#N)cnn3c2)CC1. The second-order valence-corrected chi connectivity index (χ2v) is 5.75. The number of ether oxygens (including phenoxy) is 1. The molecule has 0 aromatic carbocycles. The van der Waals surface area contributed by atoms with E-state index in [2.05, 4.69) is 23.1 Å². The number of pyridine rings is 1. The van der Waals surface area contributed by atoms with Crippen LogP contribution in [0, 0.1) is 17.2 Å². The van der Waals surface area contributed by atoms with E-state index in [1.807, 2.05) is 18.3 Å². The maximum Gasteiger partial charge on any atom is 0.137 e. The molecule has 5 nitrogen and oxygen atoms in total. The molecular formula is C16H20N4O. The van der Waals surface area contributed by atoms with Crippen LogP contribution in [-0.4, -0.2) is 41.3 Å². The summed E-state index contributed by atoms with van der Waals surface area (Å²) in [6.45, 7) is 3.13. The zero-order chi connectivity index (χ0) is 14.7. The number of hydrogen-bond acceptors (Lipinski definition) is 4. The zero-order valence-electron chi connectivity index (χ0n) is 12.3. The lowest BCUT2D eigenvalue weighted by molar-refractivity contribution is 0.187. The van der Waals surface area contributed by atoms with Crippen molar-refractivity contribution in [1.29, 1.82) is 5.26 Å². The van der Waals surface area contributed by atoms with Crippen molar-refractivity contribution in [2.75, 3.05) is 26.7 Å². The van der Waals surface area contributed by atoms with Crippen molar-refractivity contribution in [3.05, 3.63) is 30.1 Å². The molecule has 110 valence electrons. The van der Waals surface area contributed by atoms with Crippen LogP contribution < -0.4 is 4.74 Å². The van der Waals surface area contributed by atoms with E-state index in [9.17, 15) is 0 Å². The van der Waals surface area contributed by atoms with Gasteiger partial charge in [-0.15, -0.1) is 0 Å². The Morgan fingerprint density at radius 2 is 2.19 bits per heavy atom. The summed E-state index contributed by atoms with van der Waals surface area (Å²) >= 11 is 0. The molecule has 21 heavy (non-hydrogen) atoms. The Labute approximate surface area is 124 Å². The van der Waals surface area contributed by atoms with Crippen molar-refractivity contribution in [2.45, 2.75) is 19.3 Å². The summed E-state index contributed by atoms with van der Waals surface area (Å²) in [6.07, 6.45) is 7.06. The van der Waals surface area contributed by atoms with Gasteiger partial charge < -0.3 is 9.64 Å². The smallest absolute Gasteiger partial charge is 0.137 e. The van der Waals surface area contributed by atoms with Crippen molar-refractivity contribution >= 4 is 5.52 Å². The van der Waals surface area contributed by atoms with Gasteiger partial charge in [0.25, 0.3) is 0 Å². The van der Waals surface area contributed by atoms with Crippen molar-refractivity contribution in [3.63, 3.8) is 0 Å². The van der Waals surface area contributed by atoms with Crippen LogP contribution in [0.3, 0.4) is 0 Å². The number of piperidine rings is 1. The van der Waals surface area contributed by atoms with Crippen LogP contribution in [-0.2, 0) is 0 Å². The van der Waals surface area contributed by atoms with Gasteiger partial charge in [-0.3, -0.25) is 0 Å². The first-order valence-corrected chi connectivity index (χ1v) is 7.45. The first kappa shape index (κ1) is 13.9. The molecule has 0 aliphatic carbocycles. The normalized spacial score (nSPS) is 17.0. The summed E-state index contributed by atoms with van der Waals surface area (Å²) in [5.41, 5.74) is 1.41. The summed E-state index contributed by atoms with van der Waals surface area (Å²) in [7, 11) is 2.18. The number of rotatable bonds is 4. The Kier molecular flexibility index (Phi) is 4.07. The highest BCUT2D eigenvalue weighted by Gasteiger charge is 2.16. The number of nitriles is 1. The van der Waals surface area contributed by atoms with Crippen LogP contribution in [0.5, 0.6) is 5.75 Å². The van der Waals surface area contributed by atoms with Crippen molar-refractivity contribution < 1.29 is 4.74 Å². The van der Waals surface area contributed by atoms with Gasteiger partial charge in [-0.1, -0.05) is 0 Å². The van der Waals surface area contributed by atoms with E-state index in [4.69, 9.17) is 10.00 Å². The minimum Gasteiger partial charge on any atom is -0.492 e.